The predicted molar refractivity (Wildman–Crippen MR) is 80.4 cm³/mol. The lowest BCUT2D eigenvalue weighted by Crippen LogP contribution is -2.44. The van der Waals surface area contributed by atoms with Gasteiger partial charge in [0, 0.05) is 19.0 Å². The highest BCUT2D eigenvalue weighted by Crippen LogP contribution is 2.18. The molecule has 0 aromatic carbocycles. The summed E-state index contributed by atoms with van der Waals surface area (Å²) < 4.78 is 5.03. The van der Waals surface area contributed by atoms with E-state index in [4.69, 9.17) is 9.84 Å². The number of nitrogens with one attached hydrogen (secondary N) is 1. The molecule has 1 saturated heterocycles. The average molecular weight is 314 g/mol. The molecule has 126 valence electrons. The summed E-state index contributed by atoms with van der Waals surface area (Å²) in [6, 6.07) is -0.925. The minimum atomic E-state index is -1.17. The van der Waals surface area contributed by atoms with Gasteiger partial charge in [0.2, 0.25) is 5.91 Å². The zero-order valence-electron chi connectivity index (χ0n) is 13.7. The summed E-state index contributed by atoms with van der Waals surface area (Å²) in [6.07, 6.45) is 1.31. The number of carbonyl (C=O) groups is 3. The van der Waals surface area contributed by atoms with Crippen molar-refractivity contribution in [1.29, 1.82) is 0 Å². The van der Waals surface area contributed by atoms with Crippen LogP contribution in [-0.4, -0.2) is 52.2 Å². The highest BCUT2D eigenvalue weighted by molar-refractivity contribution is 5.82. The number of carboxylic acids is 1. The fourth-order valence-electron chi connectivity index (χ4n) is 2.42. The van der Waals surface area contributed by atoms with E-state index >= 15 is 0 Å². The normalized spacial score (nSPS) is 19.6. The molecule has 0 spiro atoms. The molecule has 2 amide bonds. The summed E-state index contributed by atoms with van der Waals surface area (Å²) >= 11 is 0. The van der Waals surface area contributed by atoms with Crippen LogP contribution in [0.3, 0.4) is 0 Å². The molecule has 1 fully saturated rings. The lowest BCUT2D eigenvalue weighted by molar-refractivity contribution is -0.140. The maximum atomic E-state index is 12.1. The van der Waals surface area contributed by atoms with E-state index in [2.05, 4.69) is 5.32 Å². The Morgan fingerprint density at radius 3 is 2.45 bits per heavy atom. The maximum absolute atomic E-state index is 12.1. The van der Waals surface area contributed by atoms with Crippen LogP contribution in [-0.2, 0) is 14.3 Å². The molecule has 1 aliphatic heterocycles. The van der Waals surface area contributed by atoms with Crippen LogP contribution in [0.4, 0.5) is 4.79 Å². The number of hydrogen-bond acceptors (Lipinski definition) is 4. The number of nitrogens with zero attached hydrogens (tertiary/aromatic N) is 1. The molecule has 2 atom stereocenters. The molecule has 1 rings (SSSR count). The van der Waals surface area contributed by atoms with Crippen LogP contribution in [0.5, 0.6) is 0 Å². The molecule has 0 radical (unpaired) electrons. The Balaban J connectivity index is 2.49. The molecule has 0 saturated carbocycles. The maximum Gasteiger partial charge on any atom is 0.408 e. The number of ether oxygens (including phenoxy) is 1. The van der Waals surface area contributed by atoms with Gasteiger partial charge >= 0.3 is 12.1 Å². The van der Waals surface area contributed by atoms with Gasteiger partial charge in [-0.25, -0.2) is 9.59 Å². The number of amides is 2. The summed E-state index contributed by atoms with van der Waals surface area (Å²) in [5, 5.41) is 11.5. The van der Waals surface area contributed by atoms with Crippen molar-refractivity contribution in [3.05, 3.63) is 0 Å². The number of alkyl carbamates (subject to hydrolysis) is 1. The number of carboxylic acid groups (broad SMARTS) is 1. The van der Waals surface area contributed by atoms with E-state index in [1.165, 1.54) is 0 Å². The van der Waals surface area contributed by atoms with Crippen molar-refractivity contribution in [3.8, 4) is 0 Å². The molecule has 1 aliphatic rings. The standard InChI is InChI=1S/C15H26N2O5/c1-10-6-5-9-17(10)12(18)8-7-11(13(19)20)16-14(21)22-15(2,3)4/h10-11H,5-9H2,1-4H3,(H,16,21)(H,19,20)/t10?,11-/m1/s1. The molecular weight excluding hydrogens is 288 g/mol. The number of aliphatic carboxylic acids is 1. The Labute approximate surface area is 131 Å². The van der Waals surface area contributed by atoms with Gasteiger partial charge in [-0.1, -0.05) is 0 Å². The zero-order chi connectivity index (χ0) is 16.9. The molecule has 7 heteroatoms. The monoisotopic (exact) mass is 314 g/mol. The van der Waals surface area contributed by atoms with Gasteiger partial charge in [-0.3, -0.25) is 4.79 Å². The highest BCUT2D eigenvalue weighted by atomic mass is 16.6. The van der Waals surface area contributed by atoms with Crippen molar-refractivity contribution in [2.75, 3.05) is 6.54 Å². The Kier molecular flexibility index (Phi) is 6.20. The first-order chi connectivity index (χ1) is 10.1. The number of rotatable bonds is 5. The van der Waals surface area contributed by atoms with Crippen molar-refractivity contribution in [1.82, 2.24) is 10.2 Å². The third-order valence-corrected chi connectivity index (χ3v) is 3.51. The number of carbonyl (C=O) groups excluding carboxylic acids is 2. The summed E-state index contributed by atoms with van der Waals surface area (Å²) in [7, 11) is 0. The van der Waals surface area contributed by atoms with Crippen LogP contribution in [0, 0.1) is 0 Å². The first-order valence-electron chi connectivity index (χ1n) is 7.62. The van der Waals surface area contributed by atoms with E-state index in [-0.39, 0.29) is 24.8 Å². The van der Waals surface area contributed by atoms with Gasteiger partial charge < -0.3 is 20.1 Å². The van der Waals surface area contributed by atoms with Crippen molar-refractivity contribution < 1.29 is 24.2 Å². The average Bonchev–Trinajstić information content (AvgIpc) is 2.77. The van der Waals surface area contributed by atoms with E-state index in [1.807, 2.05) is 6.92 Å². The number of likely N-dealkylation sites (tertiary alicyclic amines) is 1. The highest BCUT2D eigenvalue weighted by Gasteiger charge is 2.28. The Hall–Kier alpha value is -1.79. The Morgan fingerprint density at radius 2 is 2.00 bits per heavy atom. The van der Waals surface area contributed by atoms with Gasteiger partial charge in [0.15, 0.2) is 0 Å². The number of hydrogen-bond donors (Lipinski definition) is 2. The topological polar surface area (TPSA) is 95.9 Å². The molecule has 2 N–H and O–H groups in total. The third-order valence-electron chi connectivity index (χ3n) is 3.51. The molecule has 0 aromatic heterocycles. The minimum Gasteiger partial charge on any atom is -0.480 e. The van der Waals surface area contributed by atoms with E-state index in [0.717, 1.165) is 19.4 Å². The van der Waals surface area contributed by atoms with Gasteiger partial charge in [0.1, 0.15) is 11.6 Å². The van der Waals surface area contributed by atoms with Crippen LogP contribution in [0.15, 0.2) is 0 Å². The van der Waals surface area contributed by atoms with Crippen LogP contribution < -0.4 is 5.32 Å². The molecule has 1 unspecified atom stereocenters. The second-order valence-electron chi connectivity index (χ2n) is 6.65. The van der Waals surface area contributed by atoms with Crippen LogP contribution in [0.1, 0.15) is 53.4 Å². The molecule has 22 heavy (non-hydrogen) atoms. The van der Waals surface area contributed by atoms with Gasteiger partial charge in [-0.05, 0) is 47.0 Å². The van der Waals surface area contributed by atoms with E-state index in [9.17, 15) is 14.4 Å². The first kappa shape index (κ1) is 18.3. The fraction of sp³-hybridized carbons (Fsp3) is 0.800. The molecule has 0 aliphatic carbocycles. The molecule has 0 aromatic rings. The van der Waals surface area contributed by atoms with E-state index in [0.29, 0.717) is 0 Å². The fourth-order valence-corrected chi connectivity index (χ4v) is 2.42. The quantitative estimate of drug-likeness (QED) is 0.806. The predicted octanol–water partition coefficient (Wildman–Crippen LogP) is 1.76. The molecule has 7 nitrogen and oxygen atoms in total. The van der Waals surface area contributed by atoms with Crippen LogP contribution in [0.25, 0.3) is 0 Å². The van der Waals surface area contributed by atoms with E-state index < -0.39 is 23.7 Å². The lowest BCUT2D eigenvalue weighted by atomic mass is 10.1. The second kappa shape index (κ2) is 7.47. The Morgan fingerprint density at radius 1 is 1.36 bits per heavy atom. The van der Waals surface area contributed by atoms with Gasteiger partial charge in [-0.2, -0.15) is 0 Å². The van der Waals surface area contributed by atoms with Crippen molar-refractivity contribution in [3.63, 3.8) is 0 Å². The van der Waals surface area contributed by atoms with E-state index in [1.54, 1.807) is 25.7 Å². The van der Waals surface area contributed by atoms with Crippen LogP contribution in [0.2, 0.25) is 0 Å². The molecular formula is C15H26N2O5. The summed E-state index contributed by atoms with van der Waals surface area (Å²) in [4.78, 5) is 36.7. The molecule has 0 bridgehead atoms. The summed E-state index contributed by atoms with van der Waals surface area (Å²) in [5.74, 6) is -1.24. The lowest BCUT2D eigenvalue weighted by Gasteiger charge is -2.24. The summed E-state index contributed by atoms with van der Waals surface area (Å²) in [6.45, 7) is 7.79. The Bertz CT molecular complexity index is 430. The third kappa shape index (κ3) is 5.91. The zero-order valence-corrected chi connectivity index (χ0v) is 13.7. The minimum absolute atomic E-state index is 0.0522. The van der Waals surface area contributed by atoms with Gasteiger partial charge in [0.25, 0.3) is 0 Å². The largest absolute Gasteiger partial charge is 0.480 e. The van der Waals surface area contributed by atoms with Gasteiger partial charge in [-0.15, -0.1) is 0 Å². The van der Waals surface area contributed by atoms with Crippen LogP contribution >= 0.6 is 0 Å². The SMILES string of the molecule is CC1CCCN1C(=O)CC[C@@H](NC(=O)OC(C)(C)C)C(=O)O. The van der Waals surface area contributed by atoms with Crippen molar-refractivity contribution >= 4 is 18.0 Å². The smallest absolute Gasteiger partial charge is 0.408 e. The van der Waals surface area contributed by atoms with Crippen molar-refractivity contribution in [2.24, 2.45) is 0 Å². The second-order valence-corrected chi connectivity index (χ2v) is 6.65. The summed E-state index contributed by atoms with van der Waals surface area (Å²) in [5.41, 5.74) is -0.700. The van der Waals surface area contributed by atoms with Crippen molar-refractivity contribution in [2.45, 2.75) is 71.1 Å². The molecule has 1 heterocycles. The first-order valence-corrected chi connectivity index (χ1v) is 7.62. The van der Waals surface area contributed by atoms with Gasteiger partial charge in [0.05, 0.1) is 0 Å².